The molecule has 0 rings (SSSR count). The molecule has 0 aromatic carbocycles. The number of halogens is 4. The average Bonchev–Trinajstić information content (AvgIpc) is 1.61. The standard InChI is InChI=1S/C5H12.CCl3F/c1-4-5(2)3;2-1(3,4)5/h5H,4H2,1-3H3;. The van der Waals surface area contributed by atoms with Gasteiger partial charge in [-0.1, -0.05) is 27.2 Å². The third-order valence-electron chi connectivity index (χ3n) is 0.816. The summed E-state index contributed by atoms with van der Waals surface area (Å²) in [7, 11) is 0. The van der Waals surface area contributed by atoms with Crippen LogP contribution in [0.2, 0.25) is 0 Å². The zero-order valence-corrected chi connectivity index (χ0v) is 8.56. The lowest BCUT2D eigenvalue weighted by molar-refractivity contribution is 0.507. The molecule has 0 atom stereocenters. The van der Waals surface area contributed by atoms with Gasteiger partial charge in [-0.05, 0) is 40.7 Å². The van der Waals surface area contributed by atoms with Gasteiger partial charge in [0, 0.05) is 0 Å². The van der Waals surface area contributed by atoms with E-state index in [4.69, 9.17) is 0 Å². The average molecular weight is 210 g/mol. The van der Waals surface area contributed by atoms with Crippen LogP contribution in [0.3, 0.4) is 0 Å². The number of rotatable bonds is 1. The van der Waals surface area contributed by atoms with Crippen LogP contribution in [-0.4, -0.2) is 4.05 Å². The highest BCUT2D eigenvalue weighted by molar-refractivity contribution is 6.66. The third kappa shape index (κ3) is 68.3. The number of hydrogen-bond donors (Lipinski definition) is 0. The summed E-state index contributed by atoms with van der Waals surface area (Å²) in [5.74, 6) is 0.884. The second-order valence-electron chi connectivity index (χ2n) is 2.23. The van der Waals surface area contributed by atoms with Gasteiger partial charge < -0.3 is 0 Å². The Morgan fingerprint density at radius 1 is 1.30 bits per heavy atom. The molecule has 0 aliphatic heterocycles. The predicted molar refractivity (Wildman–Crippen MR) is 46.5 cm³/mol. The van der Waals surface area contributed by atoms with Crippen molar-refractivity contribution in [2.45, 2.75) is 31.2 Å². The van der Waals surface area contributed by atoms with Crippen LogP contribution in [0.1, 0.15) is 27.2 Å². The van der Waals surface area contributed by atoms with Crippen LogP contribution in [0.15, 0.2) is 0 Å². The highest BCUT2D eigenvalue weighted by Crippen LogP contribution is 2.26. The molecule has 0 aliphatic carbocycles. The summed E-state index contributed by atoms with van der Waals surface area (Å²) in [6.45, 7) is 6.64. The molecule has 0 aromatic rings. The first kappa shape index (κ1) is 13.4. The zero-order valence-electron chi connectivity index (χ0n) is 6.30. The minimum atomic E-state index is -2.58. The Labute approximate surface area is 76.6 Å². The molecule has 64 valence electrons. The van der Waals surface area contributed by atoms with Crippen LogP contribution in [0.4, 0.5) is 4.39 Å². The van der Waals surface area contributed by atoms with Gasteiger partial charge in [0.1, 0.15) is 0 Å². The number of hydrogen-bond acceptors (Lipinski definition) is 0. The highest BCUT2D eigenvalue weighted by Gasteiger charge is 2.14. The van der Waals surface area contributed by atoms with Crippen molar-refractivity contribution >= 4 is 34.8 Å². The third-order valence-corrected chi connectivity index (χ3v) is 0.816. The summed E-state index contributed by atoms with van der Waals surface area (Å²) < 4.78 is 8.40. The summed E-state index contributed by atoms with van der Waals surface area (Å²) >= 11 is 13.2. The van der Waals surface area contributed by atoms with Gasteiger partial charge in [0.2, 0.25) is 0 Å². The molecular formula is C6H12Cl3F. The Hall–Kier alpha value is 0.800. The van der Waals surface area contributed by atoms with E-state index in [1.54, 1.807) is 0 Å². The lowest BCUT2D eigenvalue weighted by Gasteiger charge is -1.90. The molecule has 0 saturated carbocycles. The number of alkyl halides is 4. The van der Waals surface area contributed by atoms with Gasteiger partial charge in [-0.3, -0.25) is 0 Å². The van der Waals surface area contributed by atoms with Crippen molar-refractivity contribution in [3.8, 4) is 0 Å². The van der Waals surface area contributed by atoms with Crippen LogP contribution >= 0.6 is 34.8 Å². The molecule has 0 radical (unpaired) electrons. The van der Waals surface area contributed by atoms with Crippen molar-refractivity contribution in [1.29, 1.82) is 0 Å². The van der Waals surface area contributed by atoms with Gasteiger partial charge in [0.05, 0.1) is 0 Å². The Kier molecular flexibility index (Phi) is 8.71. The molecule has 0 bridgehead atoms. The first-order valence-corrected chi connectivity index (χ1v) is 4.16. The van der Waals surface area contributed by atoms with E-state index in [9.17, 15) is 4.39 Å². The quantitative estimate of drug-likeness (QED) is 0.564. The van der Waals surface area contributed by atoms with E-state index in [0.717, 1.165) is 5.92 Å². The minimum absolute atomic E-state index is 0.884. The van der Waals surface area contributed by atoms with Crippen molar-refractivity contribution < 1.29 is 4.39 Å². The molecule has 0 heterocycles. The molecule has 0 aliphatic rings. The highest BCUT2D eigenvalue weighted by atomic mass is 35.6. The van der Waals surface area contributed by atoms with Crippen LogP contribution in [0, 0.1) is 5.92 Å². The lowest BCUT2D eigenvalue weighted by Crippen LogP contribution is -1.83. The van der Waals surface area contributed by atoms with Crippen molar-refractivity contribution in [3.63, 3.8) is 0 Å². The van der Waals surface area contributed by atoms with Crippen molar-refractivity contribution in [2.75, 3.05) is 0 Å². The van der Waals surface area contributed by atoms with E-state index in [1.807, 2.05) is 0 Å². The lowest BCUT2D eigenvalue weighted by atomic mass is 10.2. The zero-order chi connectivity index (χ0) is 8.78. The van der Waals surface area contributed by atoms with Crippen molar-refractivity contribution in [3.05, 3.63) is 0 Å². The van der Waals surface area contributed by atoms with Gasteiger partial charge in [0.15, 0.2) is 0 Å². The monoisotopic (exact) mass is 208 g/mol. The Bertz CT molecular complexity index is 61.9. The van der Waals surface area contributed by atoms with E-state index >= 15 is 0 Å². The Morgan fingerprint density at radius 2 is 1.40 bits per heavy atom. The molecule has 0 saturated heterocycles. The molecule has 0 amide bonds. The first-order valence-electron chi connectivity index (χ1n) is 3.03. The normalized spacial score (nSPS) is 10.8. The Balaban J connectivity index is 0. The van der Waals surface area contributed by atoms with Gasteiger partial charge in [-0.15, -0.1) is 0 Å². The maximum atomic E-state index is 11.0. The van der Waals surface area contributed by atoms with Crippen molar-refractivity contribution in [1.82, 2.24) is 0 Å². The predicted octanol–water partition coefficient (Wildman–Crippen LogP) is 4.34. The first-order chi connectivity index (χ1) is 4.27. The molecule has 10 heavy (non-hydrogen) atoms. The SMILES string of the molecule is CCC(C)C.FC(Cl)(Cl)Cl. The Morgan fingerprint density at radius 3 is 1.40 bits per heavy atom. The second kappa shape index (κ2) is 6.51. The fourth-order valence-corrected chi connectivity index (χ4v) is 0. The van der Waals surface area contributed by atoms with Crippen molar-refractivity contribution in [2.24, 2.45) is 5.92 Å². The molecule has 0 spiro atoms. The maximum Gasteiger partial charge on any atom is 0.333 e. The fourth-order valence-electron chi connectivity index (χ4n) is 0. The summed E-state index contributed by atoms with van der Waals surface area (Å²) in [5, 5.41) is 0. The molecular weight excluding hydrogens is 197 g/mol. The van der Waals surface area contributed by atoms with Crippen LogP contribution in [0.25, 0.3) is 0 Å². The van der Waals surface area contributed by atoms with Crippen LogP contribution in [0.5, 0.6) is 0 Å². The fraction of sp³-hybridized carbons (Fsp3) is 1.00. The molecule has 0 N–H and O–H groups in total. The summed E-state index contributed by atoms with van der Waals surface area (Å²) in [6, 6.07) is 0. The molecule has 0 nitrogen and oxygen atoms in total. The van der Waals surface area contributed by atoms with E-state index in [0.29, 0.717) is 0 Å². The summed E-state index contributed by atoms with van der Waals surface area (Å²) in [5.41, 5.74) is 0. The minimum Gasteiger partial charge on any atom is -0.189 e. The summed E-state index contributed by atoms with van der Waals surface area (Å²) in [4.78, 5) is 0. The van der Waals surface area contributed by atoms with E-state index in [1.165, 1.54) is 6.42 Å². The second-order valence-corrected chi connectivity index (χ2v) is 4.37. The van der Waals surface area contributed by atoms with Gasteiger partial charge in [-0.25, -0.2) is 0 Å². The smallest absolute Gasteiger partial charge is 0.189 e. The topological polar surface area (TPSA) is 0 Å². The van der Waals surface area contributed by atoms with E-state index < -0.39 is 4.05 Å². The van der Waals surface area contributed by atoms with Gasteiger partial charge in [0.25, 0.3) is 0 Å². The molecule has 4 heteroatoms. The summed E-state index contributed by atoms with van der Waals surface area (Å²) in [6.07, 6.45) is 1.31. The molecule has 0 unspecified atom stereocenters. The van der Waals surface area contributed by atoms with E-state index in [2.05, 4.69) is 55.6 Å². The van der Waals surface area contributed by atoms with Gasteiger partial charge in [-0.2, -0.15) is 4.39 Å². The molecule has 0 aromatic heterocycles. The van der Waals surface area contributed by atoms with Crippen LogP contribution < -0.4 is 0 Å². The largest absolute Gasteiger partial charge is 0.333 e. The van der Waals surface area contributed by atoms with Gasteiger partial charge >= 0.3 is 4.05 Å². The van der Waals surface area contributed by atoms with E-state index in [-0.39, 0.29) is 0 Å². The molecule has 0 fully saturated rings. The van der Waals surface area contributed by atoms with Crippen LogP contribution in [-0.2, 0) is 0 Å². The maximum absolute atomic E-state index is 11.0.